The normalized spacial score (nSPS) is 25.6. The van der Waals surface area contributed by atoms with Crippen molar-refractivity contribution in [1.82, 2.24) is 25.2 Å². The molecule has 2 aromatic rings. The van der Waals surface area contributed by atoms with Gasteiger partial charge in [-0.25, -0.2) is 0 Å². The quantitative estimate of drug-likeness (QED) is 0.893. The largest absolute Gasteiger partial charge is 0.350 e. The molecule has 2 saturated heterocycles. The second-order valence-corrected chi connectivity index (χ2v) is 7.64. The topological polar surface area (TPSA) is 93.3 Å². The number of nitrogens with one attached hydrogen (secondary N) is 1. The zero-order valence-corrected chi connectivity index (χ0v) is 15.8. The van der Waals surface area contributed by atoms with Crippen molar-refractivity contribution in [3.63, 3.8) is 0 Å². The highest BCUT2D eigenvalue weighted by Crippen LogP contribution is 2.34. The number of fused-ring (bicyclic) bond motifs is 1. The van der Waals surface area contributed by atoms with Gasteiger partial charge in [0.1, 0.15) is 5.69 Å². The Morgan fingerprint density at radius 1 is 1.44 bits per heavy atom. The van der Waals surface area contributed by atoms with Gasteiger partial charge in [-0.1, -0.05) is 5.16 Å². The van der Waals surface area contributed by atoms with E-state index in [1.807, 2.05) is 24.9 Å². The number of aromatic nitrogens is 3. The predicted octanol–water partition coefficient (Wildman–Crippen LogP) is 2.22. The Morgan fingerprint density at radius 2 is 2.30 bits per heavy atom. The van der Waals surface area contributed by atoms with Crippen molar-refractivity contribution in [1.29, 1.82) is 0 Å². The van der Waals surface area contributed by atoms with E-state index in [9.17, 15) is 9.59 Å². The lowest BCUT2D eigenvalue weighted by Gasteiger charge is -2.47. The SMILES string of the molecule is CCn1cc(-c2cc(C(=O)N3CCC[C@]4(C)NC(=O)CCC[C@H]34)on2)cn1. The molecule has 0 bridgehead atoms. The molecule has 0 saturated carbocycles. The van der Waals surface area contributed by atoms with E-state index in [1.54, 1.807) is 16.9 Å². The molecule has 0 radical (unpaired) electrons. The zero-order chi connectivity index (χ0) is 19.0. The Hall–Kier alpha value is -2.64. The number of carbonyl (C=O) groups is 2. The number of hydrogen-bond acceptors (Lipinski definition) is 5. The molecule has 0 unspecified atom stereocenters. The average molecular weight is 371 g/mol. The molecule has 0 aromatic carbocycles. The molecule has 144 valence electrons. The Balaban J connectivity index is 1.57. The van der Waals surface area contributed by atoms with Gasteiger partial charge < -0.3 is 14.7 Å². The van der Waals surface area contributed by atoms with E-state index >= 15 is 0 Å². The summed E-state index contributed by atoms with van der Waals surface area (Å²) < 4.78 is 7.18. The smallest absolute Gasteiger partial charge is 0.292 e. The molecule has 8 heteroatoms. The molecule has 27 heavy (non-hydrogen) atoms. The number of rotatable bonds is 3. The van der Waals surface area contributed by atoms with Gasteiger partial charge in [0.15, 0.2) is 0 Å². The van der Waals surface area contributed by atoms with Crippen molar-refractivity contribution in [3.05, 3.63) is 24.2 Å². The number of piperidine rings is 1. The molecule has 0 aliphatic carbocycles. The molecular weight excluding hydrogens is 346 g/mol. The summed E-state index contributed by atoms with van der Waals surface area (Å²) in [6.07, 6.45) is 7.44. The minimum Gasteiger partial charge on any atom is -0.350 e. The third-order valence-electron chi connectivity index (χ3n) is 5.75. The highest BCUT2D eigenvalue weighted by molar-refractivity contribution is 5.93. The Labute approximate surface area is 157 Å². The number of hydrogen-bond donors (Lipinski definition) is 1. The molecule has 4 heterocycles. The van der Waals surface area contributed by atoms with Crippen LogP contribution < -0.4 is 5.32 Å². The monoisotopic (exact) mass is 371 g/mol. The summed E-state index contributed by atoms with van der Waals surface area (Å²) in [6, 6.07) is 1.65. The molecule has 2 aromatic heterocycles. The fourth-order valence-electron chi connectivity index (χ4n) is 4.31. The minimum absolute atomic E-state index is 0.0263. The van der Waals surface area contributed by atoms with Gasteiger partial charge in [0.2, 0.25) is 11.7 Å². The predicted molar refractivity (Wildman–Crippen MR) is 97.9 cm³/mol. The van der Waals surface area contributed by atoms with Crippen molar-refractivity contribution in [2.45, 2.75) is 64.1 Å². The second kappa shape index (κ2) is 6.83. The van der Waals surface area contributed by atoms with Crippen molar-refractivity contribution in [3.8, 4) is 11.3 Å². The molecular formula is C19H25N5O3. The van der Waals surface area contributed by atoms with E-state index in [0.717, 1.165) is 37.8 Å². The summed E-state index contributed by atoms with van der Waals surface area (Å²) in [6.45, 7) is 5.49. The van der Waals surface area contributed by atoms with Gasteiger partial charge in [-0.2, -0.15) is 5.10 Å². The maximum atomic E-state index is 13.2. The van der Waals surface area contributed by atoms with Crippen LogP contribution in [0.1, 0.15) is 56.5 Å². The van der Waals surface area contributed by atoms with Gasteiger partial charge in [-0.15, -0.1) is 0 Å². The number of carbonyl (C=O) groups excluding carboxylic acids is 2. The zero-order valence-electron chi connectivity index (χ0n) is 15.8. The van der Waals surface area contributed by atoms with Crippen LogP contribution in [0.3, 0.4) is 0 Å². The molecule has 2 amide bonds. The maximum absolute atomic E-state index is 13.2. The van der Waals surface area contributed by atoms with E-state index < -0.39 is 0 Å². The lowest BCUT2D eigenvalue weighted by Crippen LogP contribution is -2.63. The van der Waals surface area contributed by atoms with Gasteiger partial charge in [0.25, 0.3) is 5.91 Å². The first kappa shape index (κ1) is 17.8. The van der Waals surface area contributed by atoms with Gasteiger partial charge >= 0.3 is 0 Å². The summed E-state index contributed by atoms with van der Waals surface area (Å²) in [5.41, 5.74) is 1.05. The molecule has 8 nitrogen and oxygen atoms in total. The highest BCUT2D eigenvalue weighted by Gasteiger charge is 2.45. The third kappa shape index (κ3) is 3.24. The molecule has 2 fully saturated rings. The van der Waals surface area contributed by atoms with Gasteiger partial charge in [-0.3, -0.25) is 14.3 Å². The van der Waals surface area contributed by atoms with Crippen LogP contribution in [0.15, 0.2) is 23.0 Å². The summed E-state index contributed by atoms with van der Waals surface area (Å²) in [5, 5.41) is 11.4. The van der Waals surface area contributed by atoms with Gasteiger partial charge in [-0.05, 0) is 39.5 Å². The van der Waals surface area contributed by atoms with Crippen LogP contribution in [0.5, 0.6) is 0 Å². The average Bonchev–Trinajstić information content (AvgIpc) is 3.28. The Morgan fingerprint density at radius 3 is 3.07 bits per heavy atom. The second-order valence-electron chi connectivity index (χ2n) is 7.64. The summed E-state index contributed by atoms with van der Waals surface area (Å²) in [7, 11) is 0. The first-order valence-electron chi connectivity index (χ1n) is 9.62. The van der Waals surface area contributed by atoms with E-state index in [0.29, 0.717) is 18.7 Å². The van der Waals surface area contributed by atoms with Crippen LogP contribution in [0, 0.1) is 0 Å². The summed E-state index contributed by atoms with van der Waals surface area (Å²) in [5.74, 6) is 0.141. The number of aryl methyl sites for hydroxylation is 1. The van der Waals surface area contributed by atoms with E-state index in [2.05, 4.69) is 15.6 Å². The molecule has 0 spiro atoms. The highest BCUT2D eigenvalue weighted by atomic mass is 16.5. The standard InChI is InChI=1S/C19H25N5O3/c1-3-23-12-13(11-20-23)14-10-15(27-22-14)18(26)24-9-5-8-19(2)16(24)6-4-7-17(25)21-19/h10-12,16H,3-9H2,1-2H3,(H,21,25)/t16-,19-/m0/s1. The molecule has 2 aliphatic heterocycles. The van der Waals surface area contributed by atoms with Crippen LogP contribution >= 0.6 is 0 Å². The number of amides is 2. The lowest BCUT2D eigenvalue weighted by atomic mass is 9.81. The molecule has 2 atom stereocenters. The van der Waals surface area contributed by atoms with Crippen molar-refractivity contribution in [2.24, 2.45) is 0 Å². The lowest BCUT2D eigenvalue weighted by molar-refractivity contribution is -0.123. The van der Waals surface area contributed by atoms with E-state index in [4.69, 9.17) is 4.52 Å². The first-order chi connectivity index (χ1) is 13.0. The Bertz CT molecular complexity index is 857. The van der Waals surface area contributed by atoms with E-state index in [1.165, 1.54) is 0 Å². The molecule has 1 N–H and O–H groups in total. The number of likely N-dealkylation sites (tertiary alicyclic amines) is 1. The van der Waals surface area contributed by atoms with Crippen LogP contribution in [0.4, 0.5) is 0 Å². The van der Waals surface area contributed by atoms with E-state index in [-0.39, 0.29) is 29.2 Å². The summed E-state index contributed by atoms with van der Waals surface area (Å²) in [4.78, 5) is 27.0. The Kier molecular flexibility index (Phi) is 4.49. The first-order valence-corrected chi connectivity index (χ1v) is 9.62. The number of nitrogens with zero attached hydrogens (tertiary/aromatic N) is 4. The fourth-order valence-corrected chi connectivity index (χ4v) is 4.31. The summed E-state index contributed by atoms with van der Waals surface area (Å²) >= 11 is 0. The molecule has 2 aliphatic rings. The fraction of sp³-hybridized carbons (Fsp3) is 0.579. The van der Waals surface area contributed by atoms with Gasteiger partial charge in [0, 0.05) is 37.3 Å². The van der Waals surface area contributed by atoms with Crippen molar-refractivity contribution < 1.29 is 14.1 Å². The van der Waals surface area contributed by atoms with Crippen LogP contribution in [0.25, 0.3) is 11.3 Å². The minimum atomic E-state index is -0.382. The third-order valence-corrected chi connectivity index (χ3v) is 5.75. The van der Waals surface area contributed by atoms with Crippen LogP contribution in [-0.4, -0.2) is 49.8 Å². The van der Waals surface area contributed by atoms with Crippen LogP contribution in [-0.2, 0) is 11.3 Å². The van der Waals surface area contributed by atoms with Crippen molar-refractivity contribution in [2.75, 3.05) is 6.54 Å². The molecule has 4 rings (SSSR count). The maximum Gasteiger partial charge on any atom is 0.292 e. The van der Waals surface area contributed by atoms with Crippen LogP contribution in [0.2, 0.25) is 0 Å². The van der Waals surface area contributed by atoms with Gasteiger partial charge in [0.05, 0.1) is 17.8 Å². The van der Waals surface area contributed by atoms with Crippen molar-refractivity contribution >= 4 is 11.8 Å².